The van der Waals surface area contributed by atoms with Gasteiger partial charge in [0, 0.05) is 6.04 Å². The van der Waals surface area contributed by atoms with Crippen molar-refractivity contribution < 1.29 is 4.74 Å². The summed E-state index contributed by atoms with van der Waals surface area (Å²) in [7, 11) is 1.72. The maximum Gasteiger partial charge on any atom is 0.124 e. The summed E-state index contributed by atoms with van der Waals surface area (Å²) in [6, 6.07) is 4.54. The molecule has 1 aromatic rings. The van der Waals surface area contributed by atoms with E-state index in [0.717, 1.165) is 5.75 Å². The van der Waals surface area contributed by atoms with Gasteiger partial charge in [-0.2, -0.15) is 0 Å². The minimum Gasteiger partial charge on any atom is -0.496 e. The highest BCUT2D eigenvalue weighted by molar-refractivity contribution is 5.44. The van der Waals surface area contributed by atoms with Crippen molar-refractivity contribution in [1.82, 2.24) is 0 Å². The summed E-state index contributed by atoms with van der Waals surface area (Å²) < 4.78 is 5.35. The van der Waals surface area contributed by atoms with Gasteiger partial charge in [-0.15, -0.1) is 0 Å². The third-order valence-electron chi connectivity index (χ3n) is 3.20. The van der Waals surface area contributed by atoms with Crippen LogP contribution >= 0.6 is 0 Å². The first kappa shape index (κ1) is 10.5. The van der Waals surface area contributed by atoms with Gasteiger partial charge in [-0.25, -0.2) is 0 Å². The molecule has 0 amide bonds. The van der Waals surface area contributed by atoms with Crippen LogP contribution in [0.4, 0.5) is 0 Å². The molecule has 0 unspecified atom stereocenters. The quantitative estimate of drug-likeness (QED) is 0.823. The predicted molar refractivity (Wildman–Crippen MR) is 62.1 cm³/mol. The molecule has 0 aliphatic heterocycles. The highest BCUT2D eigenvalue weighted by Gasteiger charge is 2.29. The third kappa shape index (κ3) is 2.00. The molecule has 1 aliphatic carbocycles. The second-order valence-electron chi connectivity index (χ2n) is 4.55. The standard InChI is InChI=1S/C13H19NO/c1-8-6-11(12(14)10-4-5-10)7-9(2)13(8)15-3/h6-7,10,12H,4-5,14H2,1-3H3/t12-/m0/s1. The molecule has 1 aliphatic rings. The molecule has 2 nitrogen and oxygen atoms in total. The number of nitrogens with two attached hydrogens (primary N) is 1. The lowest BCUT2D eigenvalue weighted by Crippen LogP contribution is -2.13. The lowest BCUT2D eigenvalue weighted by molar-refractivity contribution is 0.408. The molecule has 1 aromatic carbocycles. The Morgan fingerprint density at radius 1 is 1.27 bits per heavy atom. The van der Waals surface area contributed by atoms with Crippen LogP contribution < -0.4 is 10.5 Å². The minimum absolute atomic E-state index is 0.216. The first-order valence-corrected chi connectivity index (χ1v) is 5.54. The molecule has 0 heterocycles. The van der Waals surface area contributed by atoms with Crippen molar-refractivity contribution in [1.29, 1.82) is 0 Å². The topological polar surface area (TPSA) is 35.2 Å². The van der Waals surface area contributed by atoms with Crippen LogP contribution in [0.1, 0.15) is 35.6 Å². The van der Waals surface area contributed by atoms with Crippen LogP contribution in [0.2, 0.25) is 0 Å². The van der Waals surface area contributed by atoms with E-state index in [4.69, 9.17) is 10.5 Å². The van der Waals surface area contributed by atoms with Gasteiger partial charge in [0.1, 0.15) is 5.75 Å². The summed E-state index contributed by atoms with van der Waals surface area (Å²) in [6.07, 6.45) is 2.57. The normalized spacial score (nSPS) is 17.6. The molecule has 2 heteroatoms. The number of methoxy groups -OCH3 is 1. The van der Waals surface area contributed by atoms with Crippen LogP contribution in [0, 0.1) is 19.8 Å². The van der Waals surface area contributed by atoms with Gasteiger partial charge < -0.3 is 10.5 Å². The van der Waals surface area contributed by atoms with E-state index in [1.807, 2.05) is 0 Å². The van der Waals surface area contributed by atoms with Gasteiger partial charge in [0.05, 0.1) is 7.11 Å². The average molecular weight is 205 g/mol. The fourth-order valence-electron chi connectivity index (χ4n) is 2.23. The Labute approximate surface area is 91.4 Å². The first-order valence-electron chi connectivity index (χ1n) is 5.54. The van der Waals surface area contributed by atoms with E-state index in [0.29, 0.717) is 5.92 Å². The van der Waals surface area contributed by atoms with Gasteiger partial charge in [-0.3, -0.25) is 0 Å². The van der Waals surface area contributed by atoms with Crippen molar-refractivity contribution in [2.75, 3.05) is 7.11 Å². The summed E-state index contributed by atoms with van der Waals surface area (Å²) in [4.78, 5) is 0. The molecular formula is C13H19NO. The molecule has 1 fully saturated rings. The Balaban J connectivity index is 2.33. The molecule has 1 saturated carbocycles. The van der Waals surface area contributed by atoms with Gasteiger partial charge in [-0.05, 0) is 49.3 Å². The Morgan fingerprint density at radius 3 is 2.20 bits per heavy atom. The van der Waals surface area contributed by atoms with Crippen molar-refractivity contribution in [3.8, 4) is 5.75 Å². The highest BCUT2D eigenvalue weighted by atomic mass is 16.5. The Kier molecular flexibility index (Phi) is 2.70. The van der Waals surface area contributed by atoms with Gasteiger partial charge in [0.2, 0.25) is 0 Å². The summed E-state index contributed by atoms with van der Waals surface area (Å²) >= 11 is 0. The molecule has 0 spiro atoms. The van der Waals surface area contributed by atoms with Crippen LogP contribution in [-0.2, 0) is 0 Å². The largest absolute Gasteiger partial charge is 0.496 e. The smallest absolute Gasteiger partial charge is 0.124 e. The van der Waals surface area contributed by atoms with E-state index in [9.17, 15) is 0 Å². The van der Waals surface area contributed by atoms with Gasteiger partial charge in [0.25, 0.3) is 0 Å². The van der Waals surface area contributed by atoms with E-state index in [1.54, 1.807) is 7.11 Å². The second kappa shape index (κ2) is 3.86. The van der Waals surface area contributed by atoms with Crippen molar-refractivity contribution in [3.63, 3.8) is 0 Å². The summed E-state index contributed by atoms with van der Waals surface area (Å²) in [5.41, 5.74) is 9.81. The maximum atomic E-state index is 6.19. The highest BCUT2D eigenvalue weighted by Crippen LogP contribution is 2.40. The van der Waals surface area contributed by atoms with Gasteiger partial charge >= 0.3 is 0 Å². The number of hydrogen-bond donors (Lipinski definition) is 1. The van der Waals surface area contributed by atoms with Gasteiger partial charge in [-0.1, -0.05) is 12.1 Å². The zero-order valence-electron chi connectivity index (χ0n) is 9.71. The molecular weight excluding hydrogens is 186 g/mol. The van der Waals surface area contributed by atoms with Crippen LogP contribution in [-0.4, -0.2) is 7.11 Å². The van der Waals surface area contributed by atoms with Crippen LogP contribution in [0.5, 0.6) is 5.75 Å². The number of ether oxygens (including phenoxy) is 1. The summed E-state index contributed by atoms with van der Waals surface area (Å²) in [5.74, 6) is 1.69. The van der Waals surface area contributed by atoms with Gasteiger partial charge in [0.15, 0.2) is 0 Å². The van der Waals surface area contributed by atoms with Crippen molar-refractivity contribution >= 4 is 0 Å². The lowest BCUT2D eigenvalue weighted by atomic mass is 9.98. The Hall–Kier alpha value is -1.02. The maximum absolute atomic E-state index is 6.19. The Morgan fingerprint density at radius 2 is 1.80 bits per heavy atom. The number of aryl methyl sites for hydroxylation is 2. The number of hydrogen-bond acceptors (Lipinski definition) is 2. The fourth-order valence-corrected chi connectivity index (χ4v) is 2.23. The second-order valence-corrected chi connectivity index (χ2v) is 4.55. The predicted octanol–water partition coefficient (Wildman–Crippen LogP) is 2.72. The van der Waals surface area contributed by atoms with E-state index in [2.05, 4.69) is 26.0 Å². The zero-order valence-corrected chi connectivity index (χ0v) is 9.71. The van der Waals surface area contributed by atoms with Crippen LogP contribution in [0.3, 0.4) is 0 Å². The third-order valence-corrected chi connectivity index (χ3v) is 3.20. The Bertz CT molecular complexity index is 346. The molecule has 0 radical (unpaired) electrons. The zero-order chi connectivity index (χ0) is 11.0. The van der Waals surface area contributed by atoms with E-state index < -0.39 is 0 Å². The average Bonchev–Trinajstić information content (AvgIpc) is 2.99. The fraction of sp³-hybridized carbons (Fsp3) is 0.538. The molecule has 1 atom stereocenters. The molecule has 0 saturated heterocycles. The molecule has 2 rings (SSSR count). The molecule has 2 N–H and O–H groups in total. The van der Waals surface area contributed by atoms with Crippen LogP contribution in [0.25, 0.3) is 0 Å². The SMILES string of the molecule is COc1c(C)cc([C@@H](N)C2CC2)cc1C. The van der Waals surface area contributed by atoms with Crippen LogP contribution in [0.15, 0.2) is 12.1 Å². The molecule has 0 aromatic heterocycles. The van der Waals surface area contributed by atoms with Crippen molar-refractivity contribution in [3.05, 3.63) is 28.8 Å². The summed E-state index contributed by atoms with van der Waals surface area (Å²) in [6.45, 7) is 4.16. The number of benzene rings is 1. The monoisotopic (exact) mass is 205 g/mol. The molecule has 0 bridgehead atoms. The molecule has 15 heavy (non-hydrogen) atoms. The minimum atomic E-state index is 0.216. The lowest BCUT2D eigenvalue weighted by Gasteiger charge is -2.15. The van der Waals surface area contributed by atoms with Crippen molar-refractivity contribution in [2.24, 2.45) is 11.7 Å². The van der Waals surface area contributed by atoms with Crippen molar-refractivity contribution in [2.45, 2.75) is 32.7 Å². The van der Waals surface area contributed by atoms with E-state index >= 15 is 0 Å². The molecule has 82 valence electrons. The first-order chi connectivity index (χ1) is 7.13. The summed E-state index contributed by atoms with van der Waals surface area (Å²) in [5, 5.41) is 0. The van der Waals surface area contributed by atoms with E-state index in [1.165, 1.54) is 29.5 Å². The van der Waals surface area contributed by atoms with E-state index in [-0.39, 0.29) is 6.04 Å². The number of rotatable bonds is 3.